The minimum Gasteiger partial charge on any atom is -0.465 e. The van der Waals surface area contributed by atoms with E-state index in [4.69, 9.17) is 11.6 Å². The van der Waals surface area contributed by atoms with Gasteiger partial charge in [-0.3, -0.25) is 4.79 Å². The van der Waals surface area contributed by atoms with Gasteiger partial charge < -0.3 is 15.4 Å². The van der Waals surface area contributed by atoms with Crippen molar-refractivity contribution in [1.29, 1.82) is 0 Å². The Morgan fingerprint density at radius 1 is 1.08 bits per heavy atom. The van der Waals surface area contributed by atoms with E-state index in [0.717, 1.165) is 11.3 Å². The molecule has 0 unspecified atom stereocenters. The number of aryl methyl sites for hydroxylation is 2. The van der Waals surface area contributed by atoms with Crippen LogP contribution in [0.1, 0.15) is 21.5 Å². The van der Waals surface area contributed by atoms with Crippen molar-refractivity contribution in [1.82, 2.24) is 0 Å². The second-order valence-electron chi connectivity index (χ2n) is 5.39. The highest BCUT2D eigenvalue weighted by atomic mass is 35.5. The van der Waals surface area contributed by atoms with Crippen molar-refractivity contribution in [2.45, 2.75) is 13.8 Å². The number of amides is 1. The highest BCUT2D eigenvalue weighted by Gasteiger charge is 2.11. The Labute approximate surface area is 146 Å². The summed E-state index contributed by atoms with van der Waals surface area (Å²) in [5.74, 6) is -0.757. The van der Waals surface area contributed by atoms with E-state index < -0.39 is 5.97 Å². The number of carbonyl (C=O) groups excluding carboxylic acids is 2. The SMILES string of the molecule is COC(=O)c1ccc(Cl)c(NC(=O)CNc2ccc(C)c(C)c2)c1. The van der Waals surface area contributed by atoms with E-state index in [1.54, 1.807) is 6.07 Å². The van der Waals surface area contributed by atoms with E-state index >= 15 is 0 Å². The Morgan fingerprint density at radius 3 is 2.50 bits per heavy atom. The fourth-order valence-corrected chi connectivity index (χ4v) is 2.26. The first-order valence-electron chi connectivity index (χ1n) is 7.39. The minimum absolute atomic E-state index is 0.0846. The number of rotatable bonds is 5. The molecule has 2 aromatic carbocycles. The molecule has 24 heavy (non-hydrogen) atoms. The van der Waals surface area contributed by atoms with Crippen molar-refractivity contribution in [3.63, 3.8) is 0 Å². The van der Waals surface area contributed by atoms with Crippen LogP contribution in [0.4, 0.5) is 11.4 Å². The standard InChI is InChI=1S/C18H19ClN2O3/c1-11-4-6-14(8-12(11)2)20-10-17(22)21-16-9-13(18(23)24-3)5-7-15(16)19/h4-9,20H,10H2,1-3H3,(H,21,22). The molecule has 0 heterocycles. The van der Waals surface area contributed by atoms with Crippen molar-refractivity contribution in [3.8, 4) is 0 Å². The van der Waals surface area contributed by atoms with E-state index in [9.17, 15) is 9.59 Å². The second-order valence-corrected chi connectivity index (χ2v) is 5.79. The molecule has 2 rings (SSSR count). The maximum absolute atomic E-state index is 12.1. The molecule has 0 aromatic heterocycles. The van der Waals surface area contributed by atoms with Crippen molar-refractivity contribution < 1.29 is 14.3 Å². The predicted molar refractivity (Wildman–Crippen MR) is 95.8 cm³/mol. The smallest absolute Gasteiger partial charge is 0.337 e. The fourth-order valence-electron chi connectivity index (χ4n) is 2.09. The van der Waals surface area contributed by atoms with Gasteiger partial charge in [-0.05, 0) is 55.3 Å². The largest absolute Gasteiger partial charge is 0.465 e. The molecule has 0 bridgehead atoms. The van der Waals surface area contributed by atoms with E-state index in [1.807, 2.05) is 32.0 Å². The third-order valence-corrected chi connectivity index (χ3v) is 3.95. The van der Waals surface area contributed by atoms with Gasteiger partial charge in [-0.2, -0.15) is 0 Å². The Morgan fingerprint density at radius 2 is 1.83 bits per heavy atom. The summed E-state index contributed by atoms with van der Waals surface area (Å²) in [7, 11) is 1.29. The molecule has 0 fully saturated rings. The molecule has 126 valence electrons. The number of anilines is 2. The van der Waals surface area contributed by atoms with Crippen LogP contribution >= 0.6 is 11.6 Å². The van der Waals surface area contributed by atoms with Gasteiger partial charge in [0.2, 0.25) is 5.91 Å². The second kappa shape index (κ2) is 7.84. The first-order chi connectivity index (χ1) is 11.4. The van der Waals surface area contributed by atoms with E-state index in [1.165, 1.54) is 24.8 Å². The molecule has 0 aliphatic rings. The number of ether oxygens (including phenoxy) is 1. The lowest BCUT2D eigenvalue weighted by molar-refractivity contribution is -0.114. The summed E-state index contributed by atoms with van der Waals surface area (Å²) >= 11 is 6.06. The van der Waals surface area contributed by atoms with Gasteiger partial charge in [0.15, 0.2) is 0 Å². The van der Waals surface area contributed by atoms with Gasteiger partial charge in [-0.15, -0.1) is 0 Å². The molecule has 1 amide bonds. The Hall–Kier alpha value is -2.53. The molecular weight excluding hydrogens is 328 g/mol. The maximum Gasteiger partial charge on any atom is 0.337 e. The number of carbonyl (C=O) groups is 2. The molecule has 6 heteroatoms. The van der Waals surface area contributed by atoms with Gasteiger partial charge >= 0.3 is 5.97 Å². The summed E-state index contributed by atoms with van der Waals surface area (Å²) in [6, 6.07) is 10.5. The van der Waals surface area contributed by atoms with Crippen LogP contribution in [0.5, 0.6) is 0 Å². The van der Waals surface area contributed by atoms with Crippen LogP contribution in [-0.2, 0) is 9.53 Å². The van der Waals surface area contributed by atoms with Crippen molar-refractivity contribution >= 4 is 34.9 Å². The van der Waals surface area contributed by atoms with Crippen LogP contribution in [0.3, 0.4) is 0 Å². The average Bonchev–Trinajstić information content (AvgIpc) is 2.57. The highest BCUT2D eigenvalue weighted by Crippen LogP contribution is 2.23. The Bertz CT molecular complexity index is 775. The number of nitrogens with one attached hydrogen (secondary N) is 2. The molecule has 2 aromatic rings. The monoisotopic (exact) mass is 346 g/mol. The van der Waals surface area contributed by atoms with Crippen LogP contribution < -0.4 is 10.6 Å². The molecule has 0 atom stereocenters. The number of hydrogen-bond donors (Lipinski definition) is 2. The molecule has 0 aliphatic carbocycles. The molecule has 0 saturated carbocycles. The number of halogens is 1. The zero-order valence-electron chi connectivity index (χ0n) is 13.8. The zero-order chi connectivity index (χ0) is 17.7. The van der Waals surface area contributed by atoms with Crippen LogP contribution in [0.15, 0.2) is 36.4 Å². The molecule has 2 N–H and O–H groups in total. The summed E-state index contributed by atoms with van der Waals surface area (Å²) in [5.41, 5.74) is 3.89. The van der Waals surface area contributed by atoms with Crippen LogP contribution in [0, 0.1) is 13.8 Å². The fraction of sp³-hybridized carbons (Fsp3) is 0.222. The molecule has 0 saturated heterocycles. The third kappa shape index (κ3) is 4.49. The third-order valence-electron chi connectivity index (χ3n) is 3.62. The molecular formula is C18H19ClN2O3. The van der Waals surface area contributed by atoms with Crippen molar-refractivity contribution in [3.05, 3.63) is 58.1 Å². The first-order valence-corrected chi connectivity index (χ1v) is 7.77. The van der Waals surface area contributed by atoms with Gasteiger partial charge in [0.05, 0.1) is 29.9 Å². The summed E-state index contributed by atoms with van der Waals surface area (Å²) in [6.45, 7) is 4.13. The number of esters is 1. The topological polar surface area (TPSA) is 67.4 Å². The van der Waals surface area contributed by atoms with E-state index in [2.05, 4.69) is 15.4 Å². The van der Waals surface area contributed by atoms with Crippen LogP contribution in [-0.4, -0.2) is 25.5 Å². The number of hydrogen-bond acceptors (Lipinski definition) is 4. The number of methoxy groups -OCH3 is 1. The predicted octanol–water partition coefficient (Wildman–Crippen LogP) is 3.79. The van der Waals surface area contributed by atoms with Crippen LogP contribution in [0.25, 0.3) is 0 Å². The molecule has 5 nitrogen and oxygen atoms in total. The zero-order valence-corrected chi connectivity index (χ0v) is 14.5. The Kier molecular flexibility index (Phi) is 5.82. The lowest BCUT2D eigenvalue weighted by Gasteiger charge is -2.11. The normalized spacial score (nSPS) is 10.2. The van der Waals surface area contributed by atoms with Gasteiger partial charge in [0.25, 0.3) is 0 Å². The summed E-state index contributed by atoms with van der Waals surface area (Å²) in [5, 5.41) is 6.09. The van der Waals surface area contributed by atoms with E-state index in [0.29, 0.717) is 16.3 Å². The summed E-state index contributed by atoms with van der Waals surface area (Å²) in [4.78, 5) is 23.6. The molecule has 0 aliphatic heterocycles. The minimum atomic E-state index is -0.490. The summed E-state index contributed by atoms with van der Waals surface area (Å²) in [6.07, 6.45) is 0. The first kappa shape index (κ1) is 17.8. The van der Waals surface area contributed by atoms with Gasteiger partial charge in [0, 0.05) is 5.69 Å². The van der Waals surface area contributed by atoms with Gasteiger partial charge in [-0.25, -0.2) is 4.79 Å². The average molecular weight is 347 g/mol. The van der Waals surface area contributed by atoms with E-state index in [-0.39, 0.29) is 12.5 Å². The van der Waals surface area contributed by atoms with Gasteiger partial charge in [0.1, 0.15) is 0 Å². The van der Waals surface area contributed by atoms with Crippen molar-refractivity contribution in [2.24, 2.45) is 0 Å². The summed E-state index contributed by atoms with van der Waals surface area (Å²) < 4.78 is 4.66. The maximum atomic E-state index is 12.1. The highest BCUT2D eigenvalue weighted by molar-refractivity contribution is 6.33. The molecule has 0 radical (unpaired) electrons. The molecule has 0 spiro atoms. The van der Waals surface area contributed by atoms with Crippen molar-refractivity contribution in [2.75, 3.05) is 24.3 Å². The number of benzene rings is 2. The quantitative estimate of drug-likeness (QED) is 0.808. The van der Waals surface area contributed by atoms with Crippen LogP contribution in [0.2, 0.25) is 5.02 Å². The lowest BCUT2D eigenvalue weighted by Crippen LogP contribution is -2.22. The Balaban J connectivity index is 2.01. The lowest BCUT2D eigenvalue weighted by atomic mass is 10.1. The van der Waals surface area contributed by atoms with Gasteiger partial charge in [-0.1, -0.05) is 17.7 Å².